The number of alkyl carbamates (subject to hydrolysis) is 1. The minimum Gasteiger partial charge on any atom is -0.445 e. The molecular weight excluding hydrogens is 408 g/mol. The second-order valence-electron chi connectivity index (χ2n) is 9.67. The third kappa shape index (κ3) is 9.14. The average Bonchev–Trinajstić information content (AvgIpc) is 3.04. The molecule has 1 aromatic carbocycles. The van der Waals surface area contributed by atoms with Gasteiger partial charge in [-0.25, -0.2) is 4.79 Å². The SMILES string of the molecule is CC(C)C[C@@H](CN1CC(O)C(NC(=O)[C@@H](N)CC(C)C)C1)NC(=O)OCc1ccccc1. The fourth-order valence-electron chi connectivity index (χ4n) is 4.05. The first kappa shape index (κ1) is 26.1. The van der Waals surface area contributed by atoms with E-state index in [1.54, 1.807) is 0 Å². The first-order valence-corrected chi connectivity index (χ1v) is 11.6. The van der Waals surface area contributed by atoms with Gasteiger partial charge in [0.2, 0.25) is 5.91 Å². The number of benzene rings is 1. The van der Waals surface area contributed by atoms with Gasteiger partial charge in [-0.2, -0.15) is 0 Å². The topological polar surface area (TPSA) is 117 Å². The molecule has 2 unspecified atom stereocenters. The number of hydrogen-bond donors (Lipinski definition) is 4. The monoisotopic (exact) mass is 448 g/mol. The first-order chi connectivity index (χ1) is 15.1. The van der Waals surface area contributed by atoms with E-state index in [0.717, 1.165) is 12.0 Å². The number of amides is 2. The van der Waals surface area contributed by atoms with Crippen LogP contribution in [-0.4, -0.2) is 65.9 Å². The molecule has 2 amide bonds. The summed E-state index contributed by atoms with van der Waals surface area (Å²) in [6.45, 7) is 9.96. The molecule has 0 spiro atoms. The van der Waals surface area contributed by atoms with Crippen LogP contribution in [0.5, 0.6) is 0 Å². The number of carbonyl (C=O) groups is 2. The molecule has 8 nitrogen and oxygen atoms in total. The molecular formula is C24H40N4O4. The predicted octanol–water partition coefficient (Wildman–Crippen LogP) is 1.86. The van der Waals surface area contributed by atoms with Crippen LogP contribution in [0.4, 0.5) is 4.79 Å². The lowest BCUT2D eigenvalue weighted by Gasteiger charge is -2.26. The summed E-state index contributed by atoms with van der Waals surface area (Å²) in [5.41, 5.74) is 6.90. The highest BCUT2D eigenvalue weighted by Crippen LogP contribution is 2.15. The van der Waals surface area contributed by atoms with Crippen LogP contribution in [-0.2, 0) is 16.1 Å². The van der Waals surface area contributed by atoms with Crippen LogP contribution in [0.15, 0.2) is 30.3 Å². The van der Waals surface area contributed by atoms with E-state index in [4.69, 9.17) is 10.5 Å². The van der Waals surface area contributed by atoms with Crippen LogP contribution in [0.25, 0.3) is 0 Å². The number of nitrogens with one attached hydrogen (secondary N) is 2. The highest BCUT2D eigenvalue weighted by atomic mass is 16.5. The van der Waals surface area contributed by atoms with E-state index in [2.05, 4.69) is 29.4 Å². The van der Waals surface area contributed by atoms with Crippen molar-refractivity contribution in [3.05, 3.63) is 35.9 Å². The average molecular weight is 449 g/mol. The van der Waals surface area contributed by atoms with Crippen LogP contribution in [0.3, 0.4) is 0 Å². The smallest absolute Gasteiger partial charge is 0.407 e. The van der Waals surface area contributed by atoms with Gasteiger partial charge in [-0.3, -0.25) is 9.69 Å². The number of ether oxygens (including phenoxy) is 1. The number of aliphatic hydroxyl groups excluding tert-OH is 1. The number of hydrogen-bond acceptors (Lipinski definition) is 6. The molecule has 8 heteroatoms. The van der Waals surface area contributed by atoms with Crippen molar-refractivity contribution >= 4 is 12.0 Å². The molecule has 4 atom stereocenters. The Bertz CT molecular complexity index is 713. The van der Waals surface area contributed by atoms with Gasteiger partial charge in [-0.05, 0) is 30.2 Å². The lowest BCUT2D eigenvalue weighted by molar-refractivity contribution is -0.123. The van der Waals surface area contributed by atoms with Crippen LogP contribution in [0.1, 0.15) is 46.1 Å². The molecule has 1 fully saturated rings. The number of aliphatic hydroxyl groups is 1. The molecule has 1 saturated heterocycles. The molecule has 5 N–H and O–H groups in total. The largest absolute Gasteiger partial charge is 0.445 e. The first-order valence-electron chi connectivity index (χ1n) is 11.6. The summed E-state index contributed by atoms with van der Waals surface area (Å²) in [5.74, 6) is 0.475. The number of β-amino-alcohol motifs (C(OH)–C–C–N with tert-alkyl or cyclic N) is 1. The van der Waals surface area contributed by atoms with Crippen molar-refractivity contribution in [2.24, 2.45) is 17.6 Å². The van der Waals surface area contributed by atoms with E-state index >= 15 is 0 Å². The van der Waals surface area contributed by atoms with Crippen molar-refractivity contribution in [2.45, 2.75) is 71.4 Å². The zero-order chi connectivity index (χ0) is 23.7. The van der Waals surface area contributed by atoms with Gasteiger partial charge in [0.15, 0.2) is 0 Å². The Labute approximate surface area is 191 Å². The molecule has 2 rings (SSSR count). The Kier molecular flexibility index (Phi) is 10.4. The summed E-state index contributed by atoms with van der Waals surface area (Å²) in [4.78, 5) is 26.8. The van der Waals surface area contributed by atoms with Gasteiger partial charge in [0.1, 0.15) is 6.61 Å². The standard InChI is InChI=1S/C24H40N4O4/c1-16(2)10-19(26-24(31)32-15-18-8-6-5-7-9-18)12-28-13-21(22(29)14-28)27-23(30)20(25)11-17(3)4/h5-9,16-17,19-22,29H,10-15,25H2,1-4H3,(H,26,31)(H,27,30)/t19-,20-,21?,22?/m0/s1. The fourth-order valence-corrected chi connectivity index (χ4v) is 4.05. The molecule has 1 aliphatic rings. The predicted molar refractivity (Wildman–Crippen MR) is 125 cm³/mol. The molecule has 0 radical (unpaired) electrons. The summed E-state index contributed by atoms with van der Waals surface area (Å²) in [6.07, 6.45) is 0.256. The van der Waals surface area contributed by atoms with Crippen LogP contribution < -0.4 is 16.4 Å². The van der Waals surface area contributed by atoms with Gasteiger partial charge in [0, 0.05) is 25.7 Å². The Balaban J connectivity index is 1.85. The van der Waals surface area contributed by atoms with E-state index in [0.29, 0.717) is 37.9 Å². The zero-order valence-corrected chi connectivity index (χ0v) is 19.8. The highest BCUT2D eigenvalue weighted by Gasteiger charge is 2.34. The molecule has 180 valence electrons. The molecule has 32 heavy (non-hydrogen) atoms. The summed E-state index contributed by atoms with van der Waals surface area (Å²) < 4.78 is 5.37. The Morgan fingerprint density at radius 3 is 2.41 bits per heavy atom. The maximum absolute atomic E-state index is 12.3. The fraction of sp³-hybridized carbons (Fsp3) is 0.667. The maximum Gasteiger partial charge on any atom is 0.407 e. The number of rotatable bonds is 11. The van der Waals surface area contributed by atoms with Crippen molar-refractivity contribution in [3.63, 3.8) is 0 Å². The summed E-state index contributed by atoms with van der Waals surface area (Å²) in [6, 6.07) is 8.47. The van der Waals surface area contributed by atoms with E-state index in [9.17, 15) is 14.7 Å². The van der Waals surface area contributed by atoms with Gasteiger partial charge in [-0.1, -0.05) is 58.0 Å². The molecule has 0 aromatic heterocycles. The second-order valence-corrected chi connectivity index (χ2v) is 9.67. The lowest BCUT2D eigenvalue weighted by Crippen LogP contribution is -2.50. The highest BCUT2D eigenvalue weighted by molar-refractivity contribution is 5.81. The van der Waals surface area contributed by atoms with Crippen molar-refractivity contribution in [2.75, 3.05) is 19.6 Å². The van der Waals surface area contributed by atoms with Gasteiger partial charge < -0.3 is 26.2 Å². The normalized spacial score (nSPS) is 20.9. The van der Waals surface area contributed by atoms with Gasteiger partial charge in [0.05, 0.1) is 18.2 Å². The van der Waals surface area contributed by atoms with Crippen LogP contribution in [0.2, 0.25) is 0 Å². The molecule has 1 aromatic rings. The van der Waals surface area contributed by atoms with Crippen molar-refractivity contribution < 1.29 is 19.4 Å². The molecule has 1 aliphatic heterocycles. The van der Waals surface area contributed by atoms with Gasteiger partial charge in [-0.15, -0.1) is 0 Å². The number of nitrogens with two attached hydrogens (primary N) is 1. The van der Waals surface area contributed by atoms with Crippen molar-refractivity contribution in [1.29, 1.82) is 0 Å². The zero-order valence-electron chi connectivity index (χ0n) is 19.8. The summed E-state index contributed by atoms with van der Waals surface area (Å²) in [5, 5.41) is 16.3. The minimum absolute atomic E-state index is 0.122. The van der Waals surface area contributed by atoms with E-state index in [1.807, 2.05) is 44.2 Å². The van der Waals surface area contributed by atoms with Gasteiger partial charge in [0.25, 0.3) is 0 Å². The Morgan fingerprint density at radius 2 is 1.78 bits per heavy atom. The number of likely N-dealkylation sites (tertiary alicyclic amines) is 1. The maximum atomic E-state index is 12.3. The lowest BCUT2D eigenvalue weighted by atomic mass is 10.0. The Hall–Kier alpha value is -2.16. The molecule has 0 aliphatic carbocycles. The molecule has 1 heterocycles. The summed E-state index contributed by atoms with van der Waals surface area (Å²) in [7, 11) is 0. The molecule has 0 bridgehead atoms. The quantitative estimate of drug-likeness (QED) is 0.411. The number of carbonyl (C=O) groups excluding carboxylic acids is 2. The third-order valence-corrected chi connectivity index (χ3v) is 5.52. The Morgan fingerprint density at radius 1 is 1.12 bits per heavy atom. The van der Waals surface area contributed by atoms with Gasteiger partial charge >= 0.3 is 6.09 Å². The van der Waals surface area contributed by atoms with Crippen molar-refractivity contribution in [3.8, 4) is 0 Å². The summed E-state index contributed by atoms with van der Waals surface area (Å²) >= 11 is 0. The third-order valence-electron chi connectivity index (χ3n) is 5.52. The van der Waals surface area contributed by atoms with E-state index in [-0.39, 0.29) is 24.6 Å². The minimum atomic E-state index is -0.671. The second kappa shape index (κ2) is 12.8. The van der Waals surface area contributed by atoms with E-state index in [1.165, 1.54) is 0 Å². The van der Waals surface area contributed by atoms with Crippen LogP contribution >= 0.6 is 0 Å². The van der Waals surface area contributed by atoms with E-state index < -0.39 is 18.2 Å². The number of nitrogens with zero attached hydrogens (tertiary/aromatic N) is 1. The van der Waals surface area contributed by atoms with Crippen LogP contribution in [0, 0.1) is 11.8 Å². The molecule has 0 saturated carbocycles. The van der Waals surface area contributed by atoms with Crippen molar-refractivity contribution in [1.82, 2.24) is 15.5 Å².